The summed E-state index contributed by atoms with van der Waals surface area (Å²) in [5.41, 5.74) is 0. The van der Waals surface area contributed by atoms with Crippen LogP contribution in [-0.2, 0) is 9.53 Å². The molecule has 1 N–H and O–H groups in total. The average molecular weight is 228 g/mol. The van der Waals surface area contributed by atoms with Crippen molar-refractivity contribution >= 4 is 5.97 Å². The number of esters is 1. The molecule has 94 valence electrons. The van der Waals surface area contributed by atoms with E-state index in [1.165, 1.54) is 13.3 Å². The highest BCUT2D eigenvalue weighted by molar-refractivity contribution is 5.74. The maximum atomic E-state index is 11.4. The molecule has 1 aliphatic rings. The zero-order chi connectivity index (χ0) is 12.3. The van der Waals surface area contributed by atoms with E-state index in [9.17, 15) is 4.79 Å². The molecule has 0 unspecified atom stereocenters. The van der Waals surface area contributed by atoms with Crippen LogP contribution in [0.5, 0.6) is 0 Å². The number of carbonyl (C=O) groups excluding carboxylic acids is 1. The van der Waals surface area contributed by atoms with E-state index >= 15 is 0 Å². The fourth-order valence-corrected chi connectivity index (χ4v) is 2.50. The number of aliphatic hydroxyl groups is 1. The molecule has 1 aliphatic carbocycles. The van der Waals surface area contributed by atoms with E-state index in [1.54, 1.807) is 0 Å². The van der Waals surface area contributed by atoms with Gasteiger partial charge in [0.05, 0.1) is 0 Å². The van der Waals surface area contributed by atoms with E-state index in [0.717, 1.165) is 12.8 Å². The molecule has 4 atom stereocenters. The normalized spacial score (nSPS) is 32.5. The van der Waals surface area contributed by atoms with Crippen LogP contribution in [0.2, 0.25) is 0 Å². The number of hydrogen-bond donors (Lipinski definition) is 1. The maximum Gasteiger partial charge on any atom is 0.334 e. The summed E-state index contributed by atoms with van der Waals surface area (Å²) in [5, 5.41) is 9.17. The molecule has 0 aromatic carbocycles. The number of aliphatic hydroxyl groups excluding tert-OH is 1. The lowest BCUT2D eigenvalue weighted by Gasteiger charge is -2.36. The Morgan fingerprint density at radius 2 is 1.94 bits per heavy atom. The van der Waals surface area contributed by atoms with Gasteiger partial charge in [0.15, 0.2) is 0 Å². The molecule has 0 amide bonds. The van der Waals surface area contributed by atoms with Crippen LogP contribution in [0.1, 0.15) is 47.0 Å². The molecule has 0 saturated heterocycles. The Morgan fingerprint density at radius 1 is 1.31 bits per heavy atom. The van der Waals surface area contributed by atoms with E-state index in [4.69, 9.17) is 9.84 Å². The summed E-state index contributed by atoms with van der Waals surface area (Å²) in [6.07, 6.45) is 2.25. The fourth-order valence-electron chi connectivity index (χ4n) is 2.50. The lowest BCUT2D eigenvalue weighted by atomic mass is 9.75. The molecule has 0 heterocycles. The van der Waals surface area contributed by atoms with Crippen LogP contribution in [0.3, 0.4) is 0 Å². The Bertz CT molecular complexity index is 235. The molecular weight excluding hydrogens is 204 g/mol. The van der Waals surface area contributed by atoms with Crippen LogP contribution in [0.4, 0.5) is 0 Å². The van der Waals surface area contributed by atoms with Gasteiger partial charge in [-0.1, -0.05) is 27.2 Å². The lowest BCUT2D eigenvalue weighted by molar-refractivity contribution is -0.164. The van der Waals surface area contributed by atoms with Gasteiger partial charge in [-0.2, -0.15) is 0 Å². The first-order valence-corrected chi connectivity index (χ1v) is 6.30. The minimum atomic E-state index is -1.01. The van der Waals surface area contributed by atoms with Crippen molar-refractivity contribution in [1.82, 2.24) is 0 Å². The van der Waals surface area contributed by atoms with Crippen LogP contribution in [0.15, 0.2) is 0 Å². The van der Waals surface area contributed by atoms with Gasteiger partial charge in [0.1, 0.15) is 12.2 Å². The van der Waals surface area contributed by atoms with Gasteiger partial charge in [-0.15, -0.1) is 0 Å². The molecule has 1 rings (SSSR count). The van der Waals surface area contributed by atoms with Gasteiger partial charge in [-0.25, -0.2) is 4.79 Å². The third-order valence-corrected chi connectivity index (χ3v) is 3.57. The number of rotatable bonds is 3. The summed E-state index contributed by atoms with van der Waals surface area (Å²) < 4.78 is 5.41. The van der Waals surface area contributed by atoms with Gasteiger partial charge in [-0.05, 0) is 37.5 Å². The minimum Gasteiger partial charge on any atom is -0.460 e. The molecule has 3 heteroatoms. The largest absolute Gasteiger partial charge is 0.460 e. The molecule has 16 heavy (non-hydrogen) atoms. The zero-order valence-electron chi connectivity index (χ0n) is 10.8. The molecular formula is C13H24O3. The molecule has 1 saturated carbocycles. The van der Waals surface area contributed by atoms with E-state index in [1.807, 2.05) is 0 Å². The van der Waals surface area contributed by atoms with Crippen LogP contribution in [0, 0.1) is 17.8 Å². The van der Waals surface area contributed by atoms with Crippen molar-refractivity contribution in [3.05, 3.63) is 0 Å². The van der Waals surface area contributed by atoms with Crippen molar-refractivity contribution in [1.29, 1.82) is 0 Å². The second-order valence-corrected chi connectivity index (χ2v) is 5.48. The summed E-state index contributed by atoms with van der Waals surface area (Å²) in [7, 11) is 0. The van der Waals surface area contributed by atoms with E-state index in [0.29, 0.717) is 17.8 Å². The van der Waals surface area contributed by atoms with Crippen LogP contribution < -0.4 is 0 Å². The standard InChI is InChI=1S/C13H24O3/c1-8(2)11-6-5-9(3)7-12(11)16-13(15)10(4)14/h8-12,14H,5-7H2,1-4H3/t9-,10+,11+,12+/m1/s1. The molecule has 0 bridgehead atoms. The van der Waals surface area contributed by atoms with Crippen molar-refractivity contribution in [2.24, 2.45) is 17.8 Å². The van der Waals surface area contributed by atoms with Crippen LogP contribution in [-0.4, -0.2) is 23.3 Å². The van der Waals surface area contributed by atoms with Gasteiger partial charge >= 0.3 is 5.97 Å². The molecule has 0 spiro atoms. The zero-order valence-corrected chi connectivity index (χ0v) is 10.8. The maximum absolute atomic E-state index is 11.4. The highest BCUT2D eigenvalue weighted by Crippen LogP contribution is 2.35. The molecule has 0 aliphatic heterocycles. The SMILES string of the molecule is CC(C)[C@@H]1CC[C@@H](C)C[C@@H]1OC(=O)[C@H](C)O. The summed E-state index contributed by atoms with van der Waals surface area (Å²) in [6.45, 7) is 7.99. The van der Waals surface area contributed by atoms with E-state index in [-0.39, 0.29) is 6.10 Å². The van der Waals surface area contributed by atoms with E-state index < -0.39 is 12.1 Å². The summed E-state index contributed by atoms with van der Waals surface area (Å²) >= 11 is 0. The van der Waals surface area contributed by atoms with Crippen molar-refractivity contribution in [2.45, 2.75) is 59.2 Å². The Morgan fingerprint density at radius 3 is 2.44 bits per heavy atom. The van der Waals surface area contributed by atoms with Gasteiger partial charge in [0.25, 0.3) is 0 Å². The third-order valence-electron chi connectivity index (χ3n) is 3.57. The quantitative estimate of drug-likeness (QED) is 0.754. The van der Waals surface area contributed by atoms with Gasteiger partial charge in [-0.3, -0.25) is 0 Å². The molecule has 1 fully saturated rings. The monoisotopic (exact) mass is 228 g/mol. The predicted octanol–water partition coefficient (Wildman–Crippen LogP) is 2.37. The Hall–Kier alpha value is -0.570. The van der Waals surface area contributed by atoms with Gasteiger partial charge < -0.3 is 9.84 Å². The van der Waals surface area contributed by atoms with Crippen molar-refractivity contribution in [2.75, 3.05) is 0 Å². The smallest absolute Gasteiger partial charge is 0.334 e. The Kier molecular flexibility index (Phi) is 4.78. The van der Waals surface area contributed by atoms with Crippen molar-refractivity contribution in [3.8, 4) is 0 Å². The summed E-state index contributed by atoms with van der Waals surface area (Å²) in [4.78, 5) is 11.4. The topological polar surface area (TPSA) is 46.5 Å². The molecule has 0 radical (unpaired) electrons. The molecule has 3 nitrogen and oxygen atoms in total. The highest BCUT2D eigenvalue weighted by Gasteiger charge is 2.33. The second-order valence-electron chi connectivity index (χ2n) is 5.48. The predicted molar refractivity (Wildman–Crippen MR) is 62.9 cm³/mol. The van der Waals surface area contributed by atoms with Crippen molar-refractivity contribution < 1.29 is 14.6 Å². The lowest BCUT2D eigenvalue weighted by Crippen LogP contribution is -2.37. The number of hydrogen-bond acceptors (Lipinski definition) is 3. The fraction of sp³-hybridized carbons (Fsp3) is 0.923. The van der Waals surface area contributed by atoms with Crippen LogP contribution >= 0.6 is 0 Å². The third kappa shape index (κ3) is 3.48. The molecule has 0 aromatic heterocycles. The Balaban J connectivity index is 2.61. The highest BCUT2D eigenvalue weighted by atomic mass is 16.6. The summed E-state index contributed by atoms with van der Waals surface area (Å²) in [6, 6.07) is 0. The first-order valence-electron chi connectivity index (χ1n) is 6.30. The Labute approximate surface area is 98.2 Å². The van der Waals surface area contributed by atoms with E-state index in [2.05, 4.69) is 20.8 Å². The first-order chi connectivity index (χ1) is 7.41. The van der Waals surface area contributed by atoms with Crippen LogP contribution in [0.25, 0.3) is 0 Å². The summed E-state index contributed by atoms with van der Waals surface area (Å²) in [5.74, 6) is 1.10. The average Bonchev–Trinajstić information content (AvgIpc) is 2.16. The second kappa shape index (κ2) is 5.67. The number of ether oxygens (including phenoxy) is 1. The first kappa shape index (κ1) is 13.5. The van der Waals surface area contributed by atoms with Gasteiger partial charge in [0.2, 0.25) is 0 Å². The number of carbonyl (C=O) groups is 1. The van der Waals surface area contributed by atoms with Gasteiger partial charge in [0, 0.05) is 0 Å². The molecule has 0 aromatic rings. The minimum absolute atomic E-state index is 0.00847. The van der Waals surface area contributed by atoms with Crippen molar-refractivity contribution in [3.63, 3.8) is 0 Å².